The van der Waals surface area contributed by atoms with Crippen LogP contribution in [-0.4, -0.2) is 36.4 Å². The molecule has 0 heterocycles. The summed E-state index contributed by atoms with van der Waals surface area (Å²) in [5, 5.41) is 9.47. The predicted octanol–water partition coefficient (Wildman–Crippen LogP) is 11.3. The van der Waals surface area contributed by atoms with Crippen molar-refractivity contribution >= 4 is 11.9 Å². The molecule has 5 nitrogen and oxygen atoms in total. The lowest BCUT2D eigenvalue weighted by atomic mass is 10.1. The van der Waals surface area contributed by atoms with Gasteiger partial charge in [-0.3, -0.25) is 0 Å². The first kappa shape index (κ1) is 44.3. The maximum Gasteiger partial charge on any atom is 0.331 e. The van der Waals surface area contributed by atoms with Crippen LogP contribution in [0.15, 0.2) is 122 Å². The standard InChI is InChI=1S/C43H64O5/c1-3-5-7-9-11-13-15-17-19-21-23-25-27-29-31-33-35-37-42(45)47-40-41(39-44)48-43(46)38-36-34-32-30-28-26-24-22-20-18-16-14-12-10-8-6-4-2/h19-38,41,44H,3-18,39-40H2,1-2H3. The molecule has 0 aromatic heterocycles. The number of rotatable bonds is 30. The molecule has 0 aromatic carbocycles. The molecule has 0 aliphatic rings. The average Bonchev–Trinajstić information content (AvgIpc) is 3.09. The lowest BCUT2D eigenvalue weighted by Crippen LogP contribution is -2.27. The average molecular weight is 661 g/mol. The van der Waals surface area contributed by atoms with Gasteiger partial charge in [0, 0.05) is 12.2 Å². The Morgan fingerprint density at radius 2 is 0.833 bits per heavy atom. The number of aliphatic hydroxyl groups is 1. The molecule has 0 saturated carbocycles. The second-order valence-corrected chi connectivity index (χ2v) is 11.6. The molecule has 0 amide bonds. The highest BCUT2D eigenvalue weighted by atomic mass is 16.6. The molecule has 0 aliphatic heterocycles. The molecule has 0 bridgehead atoms. The minimum absolute atomic E-state index is 0.238. The summed E-state index contributed by atoms with van der Waals surface area (Å²) in [5.74, 6) is -1.22. The van der Waals surface area contributed by atoms with Gasteiger partial charge >= 0.3 is 11.9 Å². The lowest BCUT2D eigenvalue weighted by molar-refractivity contribution is -0.154. The van der Waals surface area contributed by atoms with Crippen molar-refractivity contribution in [2.75, 3.05) is 13.2 Å². The zero-order chi connectivity index (χ0) is 35.0. The summed E-state index contributed by atoms with van der Waals surface area (Å²) in [6.07, 6.45) is 56.5. The topological polar surface area (TPSA) is 72.8 Å². The van der Waals surface area contributed by atoms with Crippen molar-refractivity contribution in [2.24, 2.45) is 0 Å². The van der Waals surface area contributed by atoms with E-state index in [4.69, 9.17) is 9.47 Å². The summed E-state index contributed by atoms with van der Waals surface area (Å²) < 4.78 is 10.2. The van der Waals surface area contributed by atoms with Crippen molar-refractivity contribution < 1.29 is 24.2 Å². The first-order valence-electron chi connectivity index (χ1n) is 18.3. The monoisotopic (exact) mass is 660 g/mol. The van der Waals surface area contributed by atoms with E-state index in [9.17, 15) is 14.7 Å². The van der Waals surface area contributed by atoms with Crippen molar-refractivity contribution in [3.8, 4) is 0 Å². The largest absolute Gasteiger partial charge is 0.458 e. The van der Waals surface area contributed by atoms with Gasteiger partial charge < -0.3 is 14.6 Å². The summed E-state index contributed by atoms with van der Waals surface area (Å²) >= 11 is 0. The zero-order valence-electron chi connectivity index (χ0n) is 29.9. The van der Waals surface area contributed by atoms with E-state index in [1.54, 1.807) is 36.5 Å². The Morgan fingerprint density at radius 3 is 1.25 bits per heavy atom. The number of hydrogen-bond donors (Lipinski definition) is 1. The first-order valence-corrected chi connectivity index (χ1v) is 18.3. The van der Waals surface area contributed by atoms with Gasteiger partial charge in [0.05, 0.1) is 6.61 Å². The maximum absolute atomic E-state index is 12.0. The van der Waals surface area contributed by atoms with E-state index in [1.165, 1.54) is 102 Å². The second kappa shape index (κ2) is 37.8. The highest BCUT2D eigenvalue weighted by Gasteiger charge is 2.13. The van der Waals surface area contributed by atoms with Gasteiger partial charge in [0.15, 0.2) is 6.10 Å². The van der Waals surface area contributed by atoms with Gasteiger partial charge in [0.25, 0.3) is 0 Å². The highest BCUT2D eigenvalue weighted by molar-refractivity contribution is 5.83. The van der Waals surface area contributed by atoms with Crippen molar-refractivity contribution in [2.45, 2.75) is 123 Å². The smallest absolute Gasteiger partial charge is 0.331 e. The third-order valence-corrected chi connectivity index (χ3v) is 7.14. The molecular formula is C43H64O5. The molecule has 1 atom stereocenters. The van der Waals surface area contributed by atoms with E-state index in [1.807, 2.05) is 48.6 Å². The van der Waals surface area contributed by atoms with Gasteiger partial charge in [-0.25, -0.2) is 9.59 Å². The normalized spacial score (nSPS) is 13.6. The van der Waals surface area contributed by atoms with Crippen molar-refractivity contribution in [1.29, 1.82) is 0 Å². The Morgan fingerprint density at radius 1 is 0.479 bits per heavy atom. The van der Waals surface area contributed by atoms with Crippen LogP contribution in [0.2, 0.25) is 0 Å². The van der Waals surface area contributed by atoms with Crippen LogP contribution in [0.25, 0.3) is 0 Å². The van der Waals surface area contributed by atoms with Crippen LogP contribution in [0.3, 0.4) is 0 Å². The number of carbonyl (C=O) groups excluding carboxylic acids is 2. The molecule has 0 fully saturated rings. The van der Waals surface area contributed by atoms with Gasteiger partial charge in [-0.15, -0.1) is 0 Å². The first-order chi connectivity index (χ1) is 23.6. The van der Waals surface area contributed by atoms with Gasteiger partial charge in [-0.1, -0.05) is 200 Å². The fourth-order valence-corrected chi connectivity index (χ4v) is 4.38. The zero-order valence-corrected chi connectivity index (χ0v) is 29.9. The highest BCUT2D eigenvalue weighted by Crippen LogP contribution is 2.09. The van der Waals surface area contributed by atoms with Gasteiger partial charge in [0.2, 0.25) is 0 Å². The van der Waals surface area contributed by atoms with Crippen LogP contribution in [0, 0.1) is 0 Å². The Labute approximate surface area is 293 Å². The molecule has 0 rings (SSSR count). The van der Waals surface area contributed by atoms with Crippen molar-refractivity contribution in [3.63, 3.8) is 0 Å². The molecule has 1 unspecified atom stereocenters. The predicted molar refractivity (Wildman–Crippen MR) is 205 cm³/mol. The number of carbonyl (C=O) groups is 2. The van der Waals surface area contributed by atoms with E-state index in [-0.39, 0.29) is 6.61 Å². The molecule has 266 valence electrons. The fraction of sp³-hybridized carbons (Fsp3) is 0.488. The Hall–Kier alpha value is -3.70. The Kier molecular flexibility index (Phi) is 34.8. The SMILES string of the molecule is CCCCCCCCCC=CC=CC=CC=CC=CC(=O)OCC(CO)OC(=O)C=CC=CC=CC=CC=CCCCCCCCCC. The maximum atomic E-state index is 12.0. The summed E-state index contributed by atoms with van der Waals surface area (Å²) in [5.41, 5.74) is 0. The summed E-state index contributed by atoms with van der Waals surface area (Å²) in [6, 6.07) is 0. The number of unbranched alkanes of at least 4 members (excludes halogenated alkanes) is 14. The Balaban J connectivity index is 4.06. The number of hydrogen-bond acceptors (Lipinski definition) is 5. The van der Waals surface area contributed by atoms with Crippen LogP contribution in [0.4, 0.5) is 0 Å². The van der Waals surface area contributed by atoms with E-state index < -0.39 is 24.6 Å². The lowest BCUT2D eigenvalue weighted by Gasteiger charge is -2.13. The molecule has 0 spiro atoms. The molecule has 0 radical (unpaired) electrons. The minimum atomic E-state index is -0.942. The van der Waals surface area contributed by atoms with Crippen molar-refractivity contribution in [1.82, 2.24) is 0 Å². The summed E-state index contributed by atoms with van der Waals surface area (Å²) in [7, 11) is 0. The molecule has 0 aromatic rings. The number of esters is 2. The molecular weight excluding hydrogens is 596 g/mol. The van der Waals surface area contributed by atoms with Crippen LogP contribution >= 0.6 is 0 Å². The van der Waals surface area contributed by atoms with Gasteiger partial charge in [0.1, 0.15) is 6.61 Å². The van der Waals surface area contributed by atoms with E-state index in [0.717, 1.165) is 12.8 Å². The summed E-state index contributed by atoms with van der Waals surface area (Å²) in [4.78, 5) is 23.9. The third kappa shape index (κ3) is 35.2. The molecule has 48 heavy (non-hydrogen) atoms. The number of aliphatic hydroxyl groups excluding tert-OH is 1. The minimum Gasteiger partial charge on any atom is -0.458 e. The van der Waals surface area contributed by atoms with Crippen LogP contribution in [-0.2, 0) is 19.1 Å². The Bertz CT molecular complexity index is 1060. The van der Waals surface area contributed by atoms with Crippen LogP contribution in [0.5, 0.6) is 0 Å². The second-order valence-electron chi connectivity index (χ2n) is 11.6. The van der Waals surface area contributed by atoms with Gasteiger partial charge in [-0.2, -0.15) is 0 Å². The van der Waals surface area contributed by atoms with E-state index in [2.05, 4.69) is 38.2 Å². The van der Waals surface area contributed by atoms with Crippen molar-refractivity contribution in [3.05, 3.63) is 122 Å². The van der Waals surface area contributed by atoms with E-state index >= 15 is 0 Å². The third-order valence-electron chi connectivity index (χ3n) is 7.14. The number of allylic oxidation sites excluding steroid dienone is 18. The van der Waals surface area contributed by atoms with Crippen LogP contribution in [0.1, 0.15) is 117 Å². The molecule has 0 saturated heterocycles. The molecule has 1 N–H and O–H groups in total. The molecule has 5 heteroatoms. The van der Waals surface area contributed by atoms with Crippen LogP contribution < -0.4 is 0 Å². The summed E-state index contributed by atoms with van der Waals surface area (Å²) in [6.45, 7) is 3.80. The quantitative estimate of drug-likeness (QED) is 0.0359. The number of ether oxygens (including phenoxy) is 2. The fourth-order valence-electron chi connectivity index (χ4n) is 4.38. The molecule has 0 aliphatic carbocycles. The van der Waals surface area contributed by atoms with E-state index in [0.29, 0.717) is 0 Å². The van der Waals surface area contributed by atoms with Gasteiger partial charge in [-0.05, 0) is 25.7 Å².